The number of methoxy groups -OCH3 is 1. The van der Waals surface area contributed by atoms with Crippen LogP contribution in [-0.4, -0.2) is 12.1 Å². The molecule has 1 aromatic carbocycles. The van der Waals surface area contributed by atoms with E-state index in [0.717, 1.165) is 26.7 Å². The van der Waals surface area contributed by atoms with Crippen LogP contribution in [0.4, 0.5) is 0 Å². The Morgan fingerprint density at radius 3 is 2.80 bits per heavy atom. The summed E-state index contributed by atoms with van der Waals surface area (Å²) in [7, 11) is 1.64. The first-order chi connectivity index (χ1) is 7.15. The van der Waals surface area contributed by atoms with Crippen LogP contribution in [0.3, 0.4) is 0 Å². The highest BCUT2D eigenvalue weighted by molar-refractivity contribution is 9.10. The lowest BCUT2D eigenvalue weighted by atomic mass is 10.1. The fraction of sp³-hybridized carbons (Fsp3) is 0.182. The zero-order valence-corrected chi connectivity index (χ0v) is 10.7. The van der Waals surface area contributed by atoms with E-state index in [1.165, 1.54) is 0 Å². The van der Waals surface area contributed by atoms with Crippen LogP contribution >= 0.6 is 27.5 Å². The summed E-state index contributed by atoms with van der Waals surface area (Å²) in [6.07, 6.45) is 0. The third-order valence-corrected chi connectivity index (χ3v) is 3.53. The minimum absolute atomic E-state index is 0.504. The molecule has 0 bridgehead atoms. The van der Waals surface area contributed by atoms with E-state index in [1.54, 1.807) is 7.11 Å². The van der Waals surface area contributed by atoms with Gasteiger partial charge >= 0.3 is 0 Å². The quantitative estimate of drug-likeness (QED) is 0.740. The van der Waals surface area contributed by atoms with Crippen molar-refractivity contribution in [3.63, 3.8) is 0 Å². The molecular formula is C11H9BrClNO. The molecule has 1 heterocycles. The van der Waals surface area contributed by atoms with E-state index in [2.05, 4.69) is 20.9 Å². The molecule has 0 radical (unpaired) electrons. The number of rotatable bonds is 1. The van der Waals surface area contributed by atoms with Gasteiger partial charge in [-0.2, -0.15) is 0 Å². The topological polar surface area (TPSA) is 22.1 Å². The van der Waals surface area contributed by atoms with E-state index < -0.39 is 0 Å². The first-order valence-corrected chi connectivity index (χ1v) is 5.60. The van der Waals surface area contributed by atoms with Gasteiger partial charge in [0.15, 0.2) is 0 Å². The van der Waals surface area contributed by atoms with Crippen LogP contribution in [0.1, 0.15) is 5.69 Å². The summed E-state index contributed by atoms with van der Waals surface area (Å²) in [6, 6.07) is 5.73. The average molecular weight is 287 g/mol. The fourth-order valence-corrected chi connectivity index (χ4v) is 2.32. The van der Waals surface area contributed by atoms with E-state index in [0.29, 0.717) is 5.15 Å². The van der Waals surface area contributed by atoms with Gasteiger partial charge in [0.1, 0.15) is 10.9 Å². The van der Waals surface area contributed by atoms with Gasteiger partial charge in [-0.05, 0) is 28.9 Å². The lowest BCUT2D eigenvalue weighted by molar-refractivity contribution is 0.419. The molecular weight excluding hydrogens is 277 g/mol. The summed E-state index contributed by atoms with van der Waals surface area (Å²) in [5.41, 5.74) is 0.858. The molecule has 0 N–H and O–H groups in total. The van der Waals surface area contributed by atoms with Crippen molar-refractivity contribution in [1.29, 1.82) is 0 Å². The van der Waals surface area contributed by atoms with Crippen LogP contribution in [-0.2, 0) is 0 Å². The molecule has 0 aliphatic rings. The molecule has 0 aliphatic carbocycles. The zero-order chi connectivity index (χ0) is 11.0. The third kappa shape index (κ3) is 1.70. The number of fused-ring (bicyclic) bond motifs is 1. The number of nitrogens with zero attached hydrogens (tertiary/aromatic N) is 1. The summed E-state index contributed by atoms with van der Waals surface area (Å²) < 4.78 is 6.23. The van der Waals surface area contributed by atoms with E-state index in [4.69, 9.17) is 16.3 Å². The van der Waals surface area contributed by atoms with Crippen molar-refractivity contribution >= 4 is 38.3 Å². The number of benzene rings is 1. The Bertz CT molecular complexity index is 527. The van der Waals surface area contributed by atoms with Gasteiger partial charge in [-0.15, -0.1) is 0 Å². The molecule has 0 saturated heterocycles. The maximum Gasteiger partial charge on any atom is 0.137 e. The van der Waals surface area contributed by atoms with Crippen molar-refractivity contribution in [3.8, 4) is 5.75 Å². The van der Waals surface area contributed by atoms with Crippen molar-refractivity contribution in [2.24, 2.45) is 0 Å². The lowest BCUT2D eigenvalue weighted by Gasteiger charge is -2.09. The predicted molar refractivity (Wildman–Crippen MR) is 65.7 cm³/mol. The molecule has 15 heavy (non-hydrogen) atoms. The third-order valence-electron chi connectivity index (χ3n) is 2.27. The molecule has 4 heteroatoms. The standard InChI is InChI=1S/C11H9BrClNO/c1-6-10(12)9-7(11(13)14-6)4-3-5-8(9)15-2/h3-5H,1-2H3. The SMILES string of the molecule is COc1cccc2c(Cl)nc(C)c(Br)c12. The monoisotopic (exact) mass is 285 g/mol. The number of halogens is 2. The molecule has 0 aliphatic heterocycles. The Morgan fingerprint density at radius 1 is 1.40 bits per heavy atom. The molecule has 2 nitrogen and oxygen atoms in total. The molecule has 0 saturated carbocycles. The second-order valence-corrected chi connectivity index (χ2v) is 4.34. The van der Waals surface area contributed by atoms with Crippen LogP contribution in [0.5, 0.6) is 5.75 Å². The van der Waals surface area contributed by atoms with Crippen LogP contribution in [0.15, 0.2) is 22.7 Å². The molecule has 0 spiro atoms. The van der Waals surface area contributed by atoms with Crippen LogP contribution in [0.25, 0.3) is 10.8 Å². The van der Waals surface area contributed by atoms with E-state index in [1.807, 2.05) is 25.1 Å². The summed E-state index contributed by atoms with van der Waals surface area (Å²) in [5.74, 6) is 0.798. The van der Waals surface area contributed by atoms with Crippen molar-refractivity contribution in [2.75, 3.05) is 7.11 Å². The lowest BCUT2D eigenvalue weighted by Crippen LogP contribution is -1.91. The normalized spacial score (nSPS) is 10.7. The smallest absolute Gasteiger partial charge is 0.137 e. The van der Waals surface area contributed by atoms with E-state index in [9.17, 15) is 0 Å². The maximum absolute atomic E-state index is 6.08. The first kappa shape index (κ1) is 10.7. The minimum Gasteiger partial charge on any atom is -0.496 e. The van der Waals surface area contributed by atoms with Gasteiger partial charge in [-0.25, -0.2) is 4.98 Å². The summed E-state index contributed by atoms with van der Waals surface area (Å²) in [5, 5.41) is 2.37. The number of ether oxygens (including phenoxy) is 1. The molecule has 2 aromatic rings. The van der Waals surface area contributed by atoms with Gasteiger partial charge in [0.05, 0.1) is 17.3 Å². The molecule has 1 aromatic heterocycles. The first-order valence-electron chi connectivity index (χ1n) is 4.43. The van der Waals surface area contributed by atoms with Gasteiger partial charge in [-0.1, -0.05) is 23.7 Å². The highest BCUT2D eigenvalue weighted by Gasteiger charge is 2.11. The Kier molecular flexibility index (Phi) is 2.85. The number of aromatic nitrogens is 1. The zero-order valence-electron chi connectivity index (χ0n) is 8.34. The number of aryl methyl sites for hydroxylation is 1. The van der Waals surface area contributed by atoms with Crippen LogP contribution < -0.4 is 4.74 Å². The van der Waals surface area contributed by atoms with Gasteiger partial charge in [0.2, 0.25) is 0 Å². The van der Waals surface area contributed by atoms with Gasteiger partial charge in [0, 0.05) is 10.8 Å². The predicted octanol–water partition coefficient (Wildman–Crippen LogP) is 3.97. The Labute approximate surface area is 101 Å². The molecule has 0 unspecified atom stereocenters. The Balaban J connectivity index is 2.96. The van der Waals surface area contributed by atoms with Crippen LogP contribution in [0, 0.1) is 6.92 Å². The van der Waals surface area contributed by atoms with Crippen molar-refractivity contribution in [3.05, 3.63) is 33.5 Å². The Morgan fingerprint density at radius 2 is 2.13 bits per heavy atom. The highest BCUT2D eigenvalue weighted by atomic mass is 79.9. The van der Waals surface area contributed by atoms with E-state index >= 15 is 0 Å². The fourth-order valence-electron chi connectivity index (χ4n) is 1.54. The van der Waals surface area contributed by atoms with Gasteiger partial charge < -0.3 is 4.74 Å². The van der Waals surface area contributed by atoms with Crippen molar-refractivity contribution in [2.45, 2.75) is 6.92 Å². The molecule has 2 rings (SSSR count). The van der Waals surface area contributed by atoms with Crippen LogP contribution in [0.2, 0.25) is 5.15 Å². The second-order valence-electron chi connectivity index (χ2n) is 3.18. The minimum atomic E-state index is 0.504. The van der Waals surface area contributed by atoms with Gasteiger partial charge in [-0.3, -0.25) is 0 Å². The Hall–Kier alpha value is -0.800. The summed E-state index contributed by atoms with van der Waals surface area (Å²) in [6.45, 7) is 1.90. The number of pyridine rings is 1. The average Bonchev–Trinajstić information content (AvgIpc) is 2.25. The molecule has 0 atom stereocenters. The van der Waals surface area contributed by atoms with E-state index in [-0.39, 0.29) is 0 Å². The molecule has 0 fully saturated rings. The molecule has 78 valence electrons. The van der Waals surface area contributed by atoms with Gasteiger partial charge in [0.25, 0.3) is 0 Å². The number of hydrogen-bond acceptors (Lipinski definition) is 2. The number of hydrogen-bond donors (Lipinski definition) is 0. The summed E-state index contributed by atoms with van der Waals surface area (Å²) in [4.78, 5) is 4.24. The largest absolute Gasteiger partial charge is 0.496 e. The maximum atomic E-state index is 6.08. The second kappa shape index (κ2) is 3.99. The summed E-state index contributed by atoms with van der Waals surface area (Å²) >= 11 is 9.58. The van der Waals surface area contributed by atoms with Crippen molar-refractivity contribution in [1.82, 2.24) is 4.98 Å². The van der Waals surface area contributed by atoms with Crippen molar-refractivity contribution < 1.29 is 4.74 Å². The highest BCUT2D eigenvalue weighted by Crippen LogP contribution is 2.36. The molecule has 0 amide bonds.